The molecule has 0 N–H and O–H groups in total. The van der Waals surface area contributed by atoms with Gasteiger partial charge in [0.15, 0.2) is 5.75 Å². The van der Waals surface area contributed by atoms with Crippen molar-refractivity contribution in [1.82, 2.24) is 0 Å². The normalized spacial score (nSPS) is 11.9. The van der Waals surface area contributed by atoms with Gasteiger partial charge >= 0.3 is 11.9 Å². The molecular weight excluding hydrogens is 363 g/mol. The molecule has 0 heterocycles. The smallest absolute Gasteiger partial charge is 0.311 e. The number of esters is 2. The summed E-state index contributed by atoms with van der Waals surface area (Å²) in [5, 5.41) is 0.601. The number of ether oxygens (including phenoxy) is 2. The Hall–Kier alpha value is -0.970. The fraction of sp³-hybridized carbons (Fsp3) is 0.500. The molecule has 7 heteroatoms. The summed E-state index contributed by atoms with van der Waals surface area (Å²) in [6, 6.07) is 2.83. The summed E-state index contributed by atoms with van der Waals surface area (Å²) in [5.74, 6) is -0.511. The number of halogens is 3. The van der Waals surface area contributed by atoms with Crippen molar-refractivity contribution in [2.24, 2.45) is 5.92 Å². The van der Waals surface area contributed by atoms with E-state index in [0.717, 1.165) is 12.8 Å². The van der Waals surface area contributed by atoms with Gasteiger partial charge < -0.3 is 9.47 Å². The first-order valence-corrected chi connectivity index (χ1v) is 8.47. The number of benzene rings is 1. The zero-order valence-corrected chi connectivity index (χ0v) is 15.3. The molecule has 4 nitrogen and oxygen atoms in total. The third-order valence-corrected chi connectivity index (χ3v) is 4.06. The maximum absolute atomic E-state index is 11.8. The Labute approximate surface area is 151 Å². The highest BCUT2D eigenvalue weighted by molar-refractivity contribution is 6.40. The van der Waals surface area contributed by atoms with Crippen molar-refractivity contribution in [3.8, 4) is 5.75 Å². The predicted octanol–water partition coefficient (Wildman–Crippen LogP) is 5.31. The largest absolute Gasteiger partial charge is 0.466 e. The van der Waals surface area contributed by atoms with Crippen LogP contribution in [0.4, 0.5) is 0 Å². The van der Waals surface area contributed by atoms with Gasteiger partial charge in [-0.15, -0.1) is 0 Å². The number of carbonyl (C=O) groups is 2. The van der Waals surface area contributed by atoms with E-state index in [4.69, 9.17) is 44.3 Å². The van der Waals surface area contributed by atoms with Gasteiger partial charge in [0.05, 0.1) is 29.5 Å². The first-order chi connectivity index (χ1) is 10.8. The van der Waals surface area contributed by atoms with Crippen LogP contribution < -0.4 is 4.74 Å². The van der Waals surface area contributed by atoms with Crippen LogP contribution in [0.3, 0.4) is 0 Å². The van der Waals surface area contributed by atoms with Crippen LogP contribution in [0.5, 0.6) is 5.75 Å². The van der Waals surface area contributed by atoms with Crippen LogP contribution in [0.1, 0.15) is 39.5 Å². The minimum Gasteiger partial charge on any atom is -0.466 e. The first kappa shape index (κ1) is 20.1. The van der Waals surface area contributed by atoms with E-state index in [0.29, 0.717) is 17.5 Å². The molecule has 0 fully saturated rings. The number of hydrogen-bond acceptors (Lipinski definition) is 4. The molecule has 1 aromatic carbocycles. The van der Waals surface area contributed by atoms with Gasteiger partial charge in [-0.25, -0.2) is 0 Å². The van der Waals surface area contributed by atoms with Crippen molar-refractivity contribution in [3.05, 3.63) is 27.2 Å². The van der Waals surface area contributed by atoms with Gasteiger partial charge in [0.25, 0.3) is 0 Å². The molecule has 0 bridgehead atoms. The highest BCUT2D eigenvalue weighted by Crippen LogP contribution is 2.36. The van der Waals surface area contributed by atoms with Gasteiger partial charge in [0.2, 0.25) is 0 Å². The minimum absolute atomic E-state index is 0.0351. The Bertz CT molecular complexity index is 537. The standard InChI is InChI=1S/C16H19Cl3O4/c1-3-10(2)6-7-22-14(20)4-5-15(21)23-16-12(18)8-11(17)9-13(16)19/h8-10H,3-7H2,1-2H3. The average Bonchev–Trinajstić information content (AvgIpc) is 2.48. The molecule has 0 saturated heterocycles. The van der Waals surface area contributed by atoms with Gasteiger partial charge in [0, 0.05) is 5.02 Å². The lowest BCUT2D eigenvalue weighted by Crippen LogP contribution is -2.14. The Morgan fingerprint density at radius 3 is 2.22 bits per heavy atom. The molecule has 0 aliphatic carbocycles. The van der Waals surface area contributed by atoms with Crippen LogP contribution >= 0.6 is 34.8 Å². The zero-order chi connectivity index (χ0) is 17.4. The number of hydrogen-bond donors (Lipinski definition) is 0. The molecule has 0 radical (unpaired) electrons. The van der Waals surface area contributed by atoms with Crippen LogP contribution in [0.15, 0.2) is 12.1 Å². The second-order valence-electron chi connectivity index (χ2n) is 5.20. The van der Waals surface area contributed by atoms with Gasteiger partial charge in [-0.1, -0.05) is 55.1 Å². The SMILES string of the molecule is CCC(C)CCOC(=O)CCC(=O)Oc1c(Cl)cc(Cl)cc1Cl. The summed E-state index contributed by atoms with van der Waals surface area (Å²) in [6.07, 6.45) is 1.68. The van der Waals surface area contributed by atoms with Gasteiger partial charge in [-0.2, -0.15) is 0 Å². The maximum Gasteiger partial charge on any atom is 0.311 e. The van der Waals surface area contributed by atoms with E-state index < -0.39 is 11.9 Å². The second-order valence-corrected chi connectivity index (χ2v) is 6.45. The molecule has 0 aromatic heterocycles. The van der Waals surface area contributed by atoms with E-state index in [-0.39, 0.29) is 28.6 Å². The maximum atomic E-state index is 11.8. The minimum atomic E-state index is -0.616. The molecule has 0 aliphatic rings. The van der Waals surface area contributed by atoms with E-state index in [1.54, 1.807) is 0 Å². The fourth-order valence-electron chi connectivity index (χ4n) is 1.65. The van der Waals surface area contributed by atoms with Crippen molar-refractivity contribution in [2.75, 3.05) is 6.61 Å². The first-order valence-electron chi connectivity index (χ1n) is 7.34. The highest BCUT2D eigenvalue weighted by atomic mass is 35.5. The van der Waals surface area contributed by atoms with Crippen LogP contribution in [-0.4, -0.2) is 18.5 Å². The van der Waals surface area contributed by atoms with Crippen LogP contribution in [0, 0.1) is 5.92 Å². The molecule has 0 aliphatic heterocycles. The molecule has 23 heavy (non-hydrogen) atoms. The average molecular weight is 382 g/mol. The summed E-state index contributed by atoms with van der Waals surface area (Å²) in [7, 11) is 0. The van der Waals surface area contributed by atoms with Crippen molar-refractivity contribution in [3.63, 3.8) is 0 Å². The Balaban J connectivity index is 2.39. The molecule has 1 rings (SSSR count). The summed E-state index contributed by atoms with van der Waals surface area (Å²) >= 11 is 17.6. The van der Waals surface area contributed by atoms with Crippen molar-refractivity contribution >= 4 is 46.7 Å². The summed E-state index contributed by atoms with van der Waals surface area (Å²) in [6.45, 7) is 4.53. The lowest BCUT2D eigenvalue weighted by Gasteiger charge is -2.10. The second kappa shape index (κ2) is 10.0. The molecule has 1 atom stereocenters. The fourth-order valence-corrected chi connectivity index (χ4v) is 2.54. The van der Waals surface area contributed by atoms with Gasteiger partial charge in [-0.3, -0.25) is 9.59 Å². The van der Waals surface area contributed by atoms with E-state index in [2.05, 4.69) is 13.8 Å². The molecule has 0 saturated carbocycles. The summed E-state index contributed by atoms with van der Waals surface area (Å²) in [5.41, 5.74) is 0. The third kappa shape index (κ3) is 7.42. The predicted molar refractivity (Wildman–Crippen MR) is 91.4 cm³/mol. The molecule has 128 valence electrons. The van der Waals surface area contributed by atoms with Crippen molar-refractivity contribution in [1.29, 1.82) is 0 Å². The van der Waals surface area contributed by atoms with E-state index in [1.807, 2.05) is 0 Å². The topological polar surface area (TPSA) is 52.6 Å². The quantitative estimate of drug-likeness (QED) is 0.452. The molecule has 1 unspecified atom stereocenters. The zero-order valence-electron chi connectivity index (χ0n) is 13.0. The van der Waals surface area contributed by atoms with Crippen LogP contribution in [0.25, 0.3) is 0 Å². The van der Waals surface area contributed by atoms with E-state index >= 15 is 0 Å². The summed E-state index contributed by atoms with van der Waals surface area (Å²) in [4.78, 5) is 23.3. The van der Waals surface area contributed by atoms with E-state index in [9.17, 15) is 9.59 Å². The highest BCUT2D eigenvalue weighted by Gasteiger charge is 2.15. The molecule has 0 spiro atoms. The van der Waals surface area contributed by atoms with E-state index in [1.165, 1.54) is 12.1 Å². The monoisotopic (exact) mass is 380 g/mol. The lowest BCUT2D eigenvalue weighted by atomic mass is 10.1. The van der Waals surface area contributed by atoms with Gasteiger partial charge in [0.1, 0.15) is 0 Å². The van der Waals surface area contributed by atoms with Gasteiger partial charge in [-0.05, 0) is 24.5 Å². The Morgan fingerprint density at radius 2 is 1.65 bits per heavy atom. The summed E-state index contributed by atoms with van der Waals surface area (Å²) < 4.78 is 10.1. The third-order valence-electron chi connectivity index (χ3n) is 3.28. The number of rotatable bonds is 8. The molecule has 0 amide bonds. The van der Waals surface area contributed by atoms with Crippen molar-refractivity contribution in [2.45, 2.75) is 39.5 Å². The lowest BCUT2D eigenvalue weighted by molar-refractivity contribution is -0.147. The van der Waals surface area contributed by atoms with Crippen LogP contribution in [0.2, 0.25) is 15.1 Å². The van der Waals surface area contributed by atoms with Crippen LogP contribution in [-0.2, 0) is 14.3 Å². The van der Waals surface area contributed by atoms with Crippen molar-refractivity contribution < 1.29 is 19.1 Å². The molecule has 1 aromatic rings. The Kier molecular flexibility index (Phi) is 8.74. The number of carbonyl (C=O) groups excluding carboxylic acids is 2. The molecular formula is C16H19Cl3O4. The Morgan fingerprint density at radius 1 is 1.09 bits per heavy atom.